The molecule has 7 nitrogen and oxygen atoms in total. The summed E-state index contributed by atoms with van der Waals surface area (Å²) in [4.78, 5) is 26.3. The summed E-state index contributed by atoms with van der Waals surface area (Å²) in [6, 6.07) is 9.59. The Hall–Kier alpha value is -2.75. The van der Waals surface area contributed by atoms with E-state index < -0.39 is 11.6 Å². The monoisotopic (exact) mass is 342 g/mol. The van der Waals surface area contributed by atoms with Crippen LogP contribution in [-0.2, 0) is 9.59 Å². The third-order valence-corrected chi connectivity index (χ3v) is 4.78. The van der Waals surface area contributed by atoms with Gasteiger partial charge in [0.25, 0.3) is 5.91 Å². The molecule has 2 N–H and O–H groups in total. The van der Waals surface area contributed by atoms with Crippen LogP contribution in [0.4, 0.5) is 5.69 Å². The van der Waals surface area contributed by atoms with Crippen molar-refractivity contribution in [3.05, 3.63) is 24.3 Å². The molecule has 132 valence electrons. The van der Waals surface area contributed by atoms with Crippen LogP contribution >= 0.6 is 0 Å². The second kappa shape index (κ2) is 7.01. The van der Waals surface area contributed by atoms with Crippen molar-refractivity contribution in [1.29, 1.82) is 5.26 Å². The van der Waals surface area contributed by atoms with Crippen LogP contribution in [0.2, 0.25) is 0 Å². The van der Waals surface area contributed by atoms with Gasteiger partial charge in [0.05, 0.1) is 24.8 Å². The molecule has 0 bridgehead atoms. The second-order valence-corrected chi connectivity index (χ2v) is 6.52. The van der Waals surface area contributed by atoms with Gasteiger partial charge in [-0.15, -0.1) is 0 Å². The number of ether oxygens (including phenoxy) is 1. The van der Waals surface area contributed by atoms with Crippen molar-refractivity contribution < 1.29 is 14.3 Å². The number of hydrogen-bond donors (Lipinski definition) is 2. The summed E-state index contributed by atoms with van der Waals surface area (Å²) in [6.45, 7) is 0.362. The molecule has 0 spiro atoms. The molecule has 1 unspecified atom stereocenters. The number of rotatable bonds is 4. The minimum absolute atomic E-state index is 0.0807. The van der Waals surface area contributed by atoms with Crippen molar-refractivity contribution >= 4 is 17.5 Å². The average Bonchev–Trinajstić information content (AvgIpc) is 3.09. The van der Waals surface area contributed by atoms with Crippen LogP contribution < -0.4 is 20.3 Å². The largest absolute Gasteiger partial charge is 0.477 e. The number of fused-ring (bicyclic) bond motifs is 1. The lowest BCUT2D eigenvalue weighted by Gasteiger charge is -2.35. The van der Waals surface area contributed by atoms with E-state index in [4.69, 9.17) is 4.74 Å². The van der Waals surface area contributed by atoms with E-state index in [1.54, 1.807) is 13.1 Å². The number of nitrogens with one attached hydrogen (secondary N) is 2. The Bertz CT molecular complexity index is 707. The van der Waals surface area contributed by atoms with Gasteiger partial charge in [-0.3, -0.25) is 9.59 Å². The molecule has 3 rings (SSSR count). The van der Waals surface area contributed by atoms with E-state index in [1.165, 1.54) is 0 Å². The number of benzene rings is 1. The van der Waals surface area contributed by atoms with Gasteiger partial charge in [0, 0.05) is 7.05 Å². The van der Waals surface area contributed by atoms with Crippen molar-refractivity contribution in [3.63, 3.8) is 0 Å². The number of nitrogens with zero attached hydrogens (tertiary/aromatic N) is 2. The van der Waals surface area contributed by atoms with Gasteiger partial charge < -0.3 is 20.3 Å². The first-order chi connectivity index (χ1) is 12.1. The zero-order valence-corrected chi connectivity index (χ0v) is 14.2. The number of likely N-dealkylation sites (N-methyl/N-ethyl adjacent to an activating group) is 1. The minimum Gasteiger partial charge on any atom is -0.477 e. The van der Waals surface area contributed by atoms with Gasteiger partial charge in [0.15, 0.2) is 6.10 Å². The summed E-state index contributed by atoms with van der Waals surface area (Å²) < 4.78 is 5.73. The minimum atomic E-state index is -0.747. The zero-order chi connectivity index (χ0) is 17.9. The summed E-state index contributed by atoms with van der Waals surface area (Å²) in [5.74, 6) is 0.131. The van der Waals surface area contributed by atoms with Crippen molar-refractivity contribution in [3.8, 4) is 11.8 Å². The predicted octanol–water partition coefficient (Wildman–Crippen LogP) is 0.953. The van der Waals surface area contributed by atoms with Gasteiger partial charge in [0.2, 0.25) is 5.91 Å². The predicted molar refractivity (Wildman–Crippen MR) is 92.1 cm³/mol. The molecule has 0 aromatic heterocycles. The van der Waals surface area contributed by atoms with Crippen molar-refractivity contribution in [2.75, 3.05) is 25.0 Å². The molecule has 1 aromatic carbocycles. The van der Waals surface area contributed by atoms with E-state index in [1.807, 2.05) is 23.1 Å². The highest BCUT2D eigenvalue weighted by molar-refractivity contribution is 5.86. The fourth-order valence-corrected chi connectivity index (χ4v) is 3.48. The van der Waals surface area contributed by atoms with Crippen LogP contribution in [0.3, 0.4) is 0 Å². The fourth-order valence-electron chi connectivity index (χ4n) is 3.48. The van der Waals surface area contributed by atoms with E-state index in [0.29, 0.717) is 18.6 Å². The summed E-state index contributed by atoms with van der Waals surface area (Å²) in [7, 11) is 1.56. The molecule has 1 fully saturated rings. The van der Waals surface area contributed by atoms with Gasteiger partial charge in [-0.05, 0) is 37.8 Å². The van der Waals surface area contributed by atoms with E-state index in [-0.39, 0.29) is 24.9 Å². The van der Waals surface area contributed by atoms with Crippen LogP contribution in [-0.4, -0.2) is 43.6 Å². The fraction of sp³-hybridized carbons (Fsp3) is 0.500. The molecular formula is C18H22N4O3. The van der Waals surface area contributed by atoms with E-state index in [0.717, 1.165) is 18.5 Å². The summed E-state index contributed by atoms with van der Waals surface area (Å²) >= 11 is 0. The summed E-state index contributed by atoms with van der Waals surface area (Å²) in [6.07, 6.45) is 2.61. The molecule has 7 heteroatoms. The van der Waals surface area contributed by atoms with Crippen molar-refractivity contribution in [2.24, 2.45) is 0 Å². The lowest BCUT2D eigenvalue weighted by molar-refractivity contribution is -0.128. The van der Waals surface area contributed by atoms with Crippen LogP contribution in [0.25, 0.3) is 0 Å². The van der Waals surface area contributed by atoms with Crippen LogP contribution in [0.1, 0.15) is 25.7 Å². The molecule has 1 saturated carbocycles. The zero-order valence-electron chi connectivity index (χ0n) is 14.2. The van der Waals surface area contributed by atoms with Gasteiger partial charge in [-0.25, -0.2) is 0 Å². The van der Waals surface area contributed by atoms with Crippen LogP contribution in [0.5, 0.6) is 5.75 Å². The first-order valence-electron chi connectivity index (χ1n) is 8.51. The number of nitriles is 1. The van der Waals surface area contributed by atoms with E-state index in [2.05, 4.69) is 16.7 Å². The third kappa shape index (κ3) is 3.53. The first kappa shape index (κ1) is 17.1. The highest BCUT2D eigenvalue weighted by Crippen LogP contribution is 2.33. The molecular weight excluding hydrogens is 320 g/mol. The van der Waals surface area contributed by atoms with Gasteiger partial charge >= 0.3 is 0 Å². The molecule has 1 aliphatic carbocycles. The Kier molecular flexibility index (Phi) is 4.79. The number of amides is 2. The Balaban J connectivity index is 1.75. The Morgan fingerprint density at radius 1 is 1.36 bits per heavy atom. The molecule has 2 amide bonds. The lowest BCUT2D eigenvalue weighted by Crippen LogP contribution is -2.53. The third-order valence-electron chi connectivity index (χ3n) is 4.78. The SMILES string of the molecule is CNC(=O)C1CN(CC(=O)NC2(C#N)CCCC2)c2ccccc2O1. The topological polar surface area (TPSA) is 94.5 Å². The van der Waals surface area contributed by atoms with Crippen molar-refractivity contribution in [2.45, 2.75) is 37.3 Å². The van der Waals surface area contributed by atoms with E-state index >= 15 is 0 Å². The smallest absolute Gasteiger partial charge is 0.262 e. The van der Waals surface area contributed by atoms with Crippen LogP contribution in [0.15, 0.2) is 24.3 Å². The summed E-state index contributed by atoms with van der Waals surface area (Å²) in [5, 5.41) is 14.9. The molecule has 1 aromatic rings. The summed E-state index contributed by atoms with van der Waals surface area (Å²) in [5.41, 5.74) is 0.0264. The maximum Gasteiger partial charge on any atom is 0.262 e. The first-order valence-corrected chi connectivity index (χ1v) is 8.51. The Morgan fingerprint density at radius 2 is 2.08 bits per heavy atom. The highest BCUT2D eigenvalue weighted by atomic mass is 16.5. The number of hydrogen-bond acceptors (Lipinski definition) is 5. The van der Waals surface area contributed by atoms with E-state index in [9.17, 15) is 14.9 Å². The molecule has 0 saturated heterocycles. The second-order valence-electron chi connectivity index (χ2n) is 6.52. The number of carbonyl (C=O) groups excluding carboxylic acids is 2. The van der Waals surface area contributed by atoms with Gasteiger partial charge in [0.1, 0.15) is 11.3 Å². The average molecular weight is 342 g/mol. The van der Waals surface area contributed by atoms with Crippen LogP contribution in [0, 0.1) is 11.3 Å². The normalized spacial score (nSPS) is 20.8. The lowest BCUT2D eigenvalue weighted by atomic mass is 10.00. The number of carbonyl (C=O) groups is 2. The number of anilines is 1. The molecule has 0 radical (unpaired) electrons. The van der Waals surface area contributed by atoms with Gasteiger partial charge in [-0.2, -0.15) is 5.26 Å². The molecule has 1 aliphatic heterocycles. The van der Waals surface area contributed by atoms with Gasteiger partial charge in [-0.1, -0.05) is 12.1 Å². The Labute approximate surface area is 146 Å². The quantitative estimate of drug-likeness (QED) is 0.850. The standard InChI is InChI=1S/C18H22N4O3/c1-20-17(24)15-10-22(13-6-2-3-7-14(13)25-15)11-16(23)21-18(12-19)8-4-5-9-18/h2-3,6-7,15H,4-5,8-11H2,1H3,(H,20,24)(H,21,23). The Morgan fingerprint density at radius 3 is 2.76 bits per heavy atom. The maximum atomic E-state index is 12.5. The highest BCUT2D eigenvalue weighted by Gasteiger charge is 2.37. The number of para-hydroxylation sites is 2. The maximum absolute atomic E-state index is 12.5. The molecule has 25 heavy (non-hydrogen) atoms. The van der Waals surface area contributed by atoms with Crippen molar-refractivity contribution in [1.82, 2.24) is 10.6 Å². The molecule has 1 atom stereocenters. The molecule has 1 heterocycles. The molecule has 2 aliphatic rings.